The zero-order valence-corrected chi connectivity index (χ0v) is 10.6. The molecule has 0 saturated heterocycles. The van der Waals surface area contributed by atoms with E-state index in [4.69, 9.17) is 0 Å². The zero-order valence-electron chi connectivity index (χ0n) is 10.6. The Labute approximate surface area is 112 Å². The summed E-state index contributed by atoms with van der Waals surface area (Å²) in [5.74, 6) is 0.192. The number of hydrogen-bond donors (Lipinski definition) is 1. The van der Waals surface area contributed by atoms with Gasteiger partial charge in [-0.3, -0.25) is 0 Å². The summed E-state index contributed by atoms with van der Waals surface area (Å²) >= 11 is 0. The molecule has 0 radical (unpaired) electrons. The van der Waals surface area contributed by atoms with Crippen LogP contribution in [-0.2, 0) is 12.4 Å². The van der Waals surface area contributed by atoms with Crippen LogP contribution in [0.1, 0.15) is 35.6 Å². The van der Waals surface area contributed by atoms with E-state index >= 15 is 0 Å². The van der Waals surface area contributed by atoms with Gasteiger partial charge in [0.25, 0.3) is 0 Å². The number of alkyl halides is 6. The Bertz CT molecular complexity index is 487. The summed E-state index contributed by atoms with van der Waals surface area (Å²) in [5, 5.41) is 2.87. The summed E-state index contributed by atoms with van der Waals surface area (Å²) in [6, 6.07) is 1.92. The highest BCUT2D eigenvalue weighted by atomic mass is 19.4. The predicted molar refractivity (Wildman–Crippen MR) is 61.0 cm³/mol. The lowest BCUT2D eigenvalue weighted by molar-refractivity contribution is -0.162. The fraction of sp³-hybridized carbons (Fsp3) is 0.538. The first-order chi connectivity index (χ1) is 9.14. The van der Waals surface area contributed by atoms with E-state index in [2.05, 4.69) is 5.32 Å². The van der Waals surface area contributed by atoms with Crippen LogP contribution >= 0.6 is 0 Å². The van der Waals surface area contributed by atoms with Crippen molar-refractivity contribution in [2.24, 2.45) is 5.92 Å². The maximum absolute atomic E-state index is 12.8. The van der Waals surface area contributed by atoms with E-state index in [9.17, 15) is 26.3 Å². The third-order valence-electron chi connectivity index (χ3n) is 3.42. The van der Waals surface area contributed by atoms with Crippen molar-refractivity contribution in [2.75, 3.05) is 7.05 Å². The molecule has 0 aromatic heterocycles. The molecule has 1 aromatic carbocycles. The van der Waals surface area contributed by atoms with E-state index in [1.54, 1.807) is 7.05 Å². The molecule has 1 N–H and O–H groups in total. The van der Waals surface area contributed by atoms with Crippen LogP contribution in [0.25, 0.3) is 0 Å². The molecule has 0 spiro atoms. The Morgan fingerprint density at radius 1 is 1.00 bits per heavy atom. The highest BCUT2D eigenvalue weighted by molar-refractivity contribution is 5.38. The number of nitrogens with one attached hydrogen (secondary N) is 1. The van der Waals surface area contributed by atoms with Crippen LogP contribution in [0.5, 0.6) is 0 Å². The quantitative estimate of drug-likeness (QED) is 0.816. The van der Waals surface area contributed by atoms with E-state index in [0.717, 1.165) is 18.9 Å². The van der Waals surface area contributed by atoms with Gasteiger partial charge in [-0.05, 0) is 43.5 Å². The van der Waals surface area contributed by atoms with Gasteiger partial charge in [0.2, 0.25) is 0 Å². The van der Waals surface area contributed by atoms with Crippen molar-refractivity contribution in [3.63, 3.8) is 0 Å². The molecule has 112 valence electrons. The molecular formula is C13H13F6N. The van der Waals surface area contributed by atoms with Gasteiger partial charge in [0.05, 0.1) is 11.1 Å². The van der Waals surface area contributed by atoms with E-state index in [1.165, 1.54) is 0 Å². The normalized spacial score (nSPS) is 18.1. The minimum Gasteiger partial charge on any atom is -0.313 e. The molecule has 1 aliphatic rings. The maximum Gasteiger partial charge on any atom is 0.417 e. The van der Waals surface area contributed by atoms with Crippen molar-refractivity contribution < 1.29 is 26.3 Å². The second-order valence-electron chi connectivity index (χ2n) is 4.90. The second-order valence-corrected chi connectivity index (χ2v) is 4.90. The molecule has 20 heavy (non-hydrogen) atoms. The molecule has 1 saturated carbocycles. The number of benzene rings is 1. The standard InChI is InChI=1S/C13H13F6N/c1-20-11(7-2-3-7)8-4-5-9(12(14,15)16)10(6-8)13(17,18)19/h4-7,11,20H,2-3H2,1H3. The fourth-order valence-corrected chi connectivity index (χ4v) is 2.34. The van der Waals surface area contributed by atoms with Gasteiger partial charge in [-0.15, -0.1) is 0 Å². The first-order valence-electron chi connectivity index (χ1n) is 6.10. The van der Waals surface area contributed by atoms with Crippen molar-refractivity contribution in [1.82, 2.24) is 5.32 Å². The minimum atomic E-state index is -5.03. The number of rotatable bonds is 3. The maximum atomic E-state index is 12.8. The Morgan fingerprint density at radius 3 is 1.95 bits per heavy atom. The summed E-state index contributed by atoms with van der Waals surface area (Å²) in [6.07, 6.45) is -8.30. The number of halogens is 6. The third-order valence-corrected chi connectivity index (χ3v) is 3.42. The second kappa shape index (κ2) is 4.95. The molecule has 2 rings (SSSR count). The highest BCUT2D eigenvalue weighted by Crippen LogP contribution is 2.45. The topological polar surface area (TPSA) is 12.0 Å². The lowest BCUT2D eigenvalue weighted by Gasteiger charge is -2.20. The molecule has 1 atom stereocenters. The summed E-state index contributed by atoms with van der Waals surface area (Å²) in [5.41, 5.74) is -3.02. The molecular weight excluding hydrogens is 284 g/mol. The Hall–Kier alpha value is -1.24. The minimum absolute atomic E-state index is 0.192. The van der Waals surface area contributed by atoms with Crippen LogP contribution in [0.2, 0.25) is 0 Å². The molecule has 1 nitrogen and oxygen atoms in total. The van der Waals surface area contributed by atoms with Gasteiger partial charge in [0.1, 0.15) is 0 Å². The van der Waals surface area contributed by atoms with Crippen molar-refractivity contribution >= 4 is 0 Å². The van der Waals surface area contributed by atoms with Crippen molar-refractivity contribution in [2.45, 2.75) is 31.2 Å². The van der Waals surface area contributed by atoms with Crippen molar-refractivity contribution in [3.05, 3.63) is 34.9 Å². The van der Waals surface area contributed by atoms with Crippen LogP contribution in [-0.4, -0.2) is 7.05 Å². The Kier molecular flexibility index (Phi) is 3.75. The van der Waals surface area contributed by atoms with Gasteiger partial charge in [-0.2, -0.15) is 26.3 Å². The predicted octanol–water partition coefficient (Wildman–Crippen LogP) is 4.39. The molecule has 0 aliphatic heterocycles. The van der Waals surface area contributed by atoms with Crippen LogP contribution < -0.4 is 5.32 Å². The van der Waals surface area contributed by atoms with Gasteiger partial charge in [0.15, 0.2) is 0 Å². The average Bonchev–Trinajstić information content (AvgIpc) is 3.12. The van der Waals surface area contributed by atoms with Gasteiger partial charge >= 0.3 is 12.4 Å². The summed E-state index contributed by atoms with van der Waals surface area (Å²) in [6.45, 7) is 0. The van der Waals surface area contributed by atoms with E-state index in [-0.39, 0.29) is 17.5 Å². The smallest absolute Gasteiger partial charge is 0.313 e. The zero-order chi connectivity index (χ0) is 15.1. The lowest BCUT2D eigenvalue weighted by atomic mass is 9.96. The van der Waals surface area contributed by atoms with Crippen molar-refractivity contribution in [3.8, 4) is 0 Å². The molecule has 1 unspecified atom stereocenters. The Morgan fingerprint density at radius 2 is 1.55 bits per heavy atom. The van der Waals surface area contributed by atoms with Crippen LogP contribution in [0, 0.1) is 5.92 Å². The molecule has 1 aliphatic carbocycles. The van der Waals surface area contributed by atoms with E-state index in [1.807, 2.05) is 0 Å². The summed E-state index contributed by atoms with van der Waals surface area (Å²) in [7, 11) is 1.59. The largest absolute Gasteiger partial charge is 0.417 e. The molecule has 0 amide bonds. The summed E-state index contributed by atoms with van der Waals surface area (Å²) < 4.78 is 76.4. The monoisotopic (exact) mass is 297 g/mol. The molecule has 1 aromatic rings. The third kappa shape index (κ3) is 3.08. The van der Waals surface area contributed by atoms with Gasteiger partial charge in [-0.25, -0.2) is 0 Å². The van der Waals surface area contributed by atoms with Crippen molar-refractivity contribution in [1.29, 1.82) is 0 Å². The SMILES string of the molecule is CNC(c1ccc(C(F)(F)F)c(C(F)(F)F)c1)C1CC1. The van der Waals surface area contributed by atoms with Crippen LogP contribution in [0.4, 0.5) is 26.3 Å². The molecule has 0 heterocycles. The fourth-order valence-electron chi connectivity index (χ4n) is 2.34. The van der Waals surface area contributed by atoms with Gasteiger partial charge < -0.3 is 5.32 Å². The molecule has 7 heteroatoms. The Balaban J connectivity index is 2.48. The molecule has 0 bridgehead atoms. The van der Waals surface area contributed by atoms with E-state index < -0.39 is 23.5 Å². The number of hydrogen-bond acceptors (Lipinski definition) is 1. The first kappa shape index (κ1) is 15.2. The first-order valence-corrected chi connectivity index (χ1v) is 6.10. The lowest BCUT2D eigenvalue weighted by Crippen LogP contribution is -2.21. The highest BCUT2D eigenvalue weighted by Gasteiger charge is 2.43. The van der Waals surface area contributed by atoms with Crippen LogP contribution in [0.3, 0.4) is 0 Å². The molecule has 1 fully saturated rings. The summed E-state index contributed by atoms with van der Waals surface area (Å²) in [4.78, 5) is 0. The van der Waals surface area contributed by atoms with Gasteiger partial charge in [-0.1, -0.05) is 6.07 Å². The average molecular weight is 297 g/mol. The van der Waals surface area contributed by atoms with Crippen LogP contribution in [0.15, 0.2) is 18.2 Å². The van der Waals surface area contributed by atoms with E-state index in [0.29, 0.717) is 12.1 Å². The van der Waals surface area contributed by atoms with Gasteiger partial charge in [0, 0.05) is 6.04 Å².